The molecular weight excluding hydrogens is 388 g/mol. The van der Waals surface area contributed by atoms with Gasteiger partial charge in [-0.3, -0.25) is 0 Å². The minimum Gasteiger partial charge on any atom is -0.494 e. The largest absolute Gasteiger partial charge is 0.494 e. The van der Waals surface area contributed by atoms with Gasteiger partial charge in [-0.15, -0.1) is 10.2 Å². The third-order valence-corrected chi connectivity index (χ3v) is 3.99. The number of nitrogens with zero attached hydrogens (tertiary/aromatic N) is 2. The van der Waals surface area contributed by atoms with Gasteiger partial charge in [0.1, 0.15) is 5.75 Å². The Bertz CT molecular complexity index is 862. The van der Waals surface area contributed by atoms with E-state index in [4.69, 9.17) is 13.9 Å². The lowest BCUT2D eigenvalue weighted by molar-refractivity contribution is 0.0438. The molecular formula is C18H15BrN2O4. The Balaban J connectivity index is 1.62. The maximum Gasteiger partial charge on any atom is 0.338 e. The molecule has 0 aliphatic rings. The molecule has 0 unspecified atom stereocenters. The fourth-order valence-corrected chi connectivity index (χ4v) is 2.57. The average molecular weight is 403 g/mol. The van der Waals surface area contributed by atoms with E-state index in [1.807, 2.05) is 31.2 Å². The van der Waals surface area contributed by atoms with E-state index in [1.165, 1.54) is 0 Å². The van der Waals surface area contributed by atoms with Gasteiger partial charge in [0, 0.05) is 4.47 Å². The lowest BCUT2D eigenvalue weighted by atomic mass is 10.2. The maximum atomic E-state index is 12.1. The number of benzene rings is 2. The summed E-state index contributed by atoms with van der Waals surface area (Å²) in [5, 5.41) is 7.88. The van der Waals surface area contributed by atoms with Crippen LogP contribution in [-0.4, -0.2) is 22.8 Å². The summed E-state index contributed by atoms with van der Waals surface area (Å²) in [5.74, 6) is 0.822. The highest BCUT2D eigenvalue weighted by Crippen LogP contribution is 2.26. The van der Waals surface area contributed by atoms with Gasteiger partial charge in [-0.1, -0.05) is 12.1 Å². The van der Waals surface area contributed by atoms with E-state index in [9.17, 15) is 4.79 Å². The molecule has 3 aromatic rings. The highest BCUT2D eigenvalue weighted by molar-refractivity contribution is 9.10. The number of hydrogen-bond donors (Lipinski definition) is 0. The van der Waals surface area contributed by atoms with Gasteiger partial charge in [0.05, 0.1) is 17.7 Å². The summed E-state index contributed by atoms with van der Waals surface area (Å²) in [4.78, 5) is 12.1. The first-order valence-electron chi connectivity index (χ1n) is 7.64. The Morgan fingerprint density at radius 1 is 1.12 bits per heavy atom. The molecule has 25 heavy (non-hydrogen) atoms. The van der Waals surface area contributed by atoms with Crippen LogP contribution in [0.3, 0.4) is 0 Å². The molecule has 0 atom stereocenters. The minimum absolute atomic E-state index is 0.0938. The van der Waals surface area contributed by atoms with Crippen LogP contribution in [0.1, 0.15) is 23.2 Å². The van der Waals surface area contributed by atoms with Crippen molar-refractivity contribution >= 4 is 21.9 Å². The smallest absolute Gasteiger partial charge is 0.338 e. The lowest BCUT2D eigenvalue weighted by Crippen LogP contribution is -2.05. The number of esters is 1. The summed E-state index contributed by atoms with van der Waals surface area (Å²) in [6.45, 7) is 2.37. The second-order valence-electron chi connectivity index (χ2n) is 5.01. The number of rotatable bonds is 6. The number of ether oxygens (including phenoxy) is 2. The second-order valence-corrected chi connectivity index (χ2v) is 5.87. The average Bonchev–Trinajstić information content (AvgIpc) is 3.10. The van der Waals surface area contributed by atoms with Crippen molar-refractivity contribution in [2.24, 2.45) is 0 Å². The van der Waals surface area contributed by atoms with Gasteiger partial charge in [-0.2, -0.15) is 0 Å². The number of carbonyl (C=O) groups excluding carboxylic acids is 1. The summed E-state index contributed by atoms with van der Waals surface area (Å²) in [7, 11) is 0. The van der Waals surface area contributed by atoms with E-state index >= 15 is 0 Å². The summed E-state index contributed by atoms with van der Waals surface area (Å²) in [5.41, 5.74) is 1.20. The van der Waals surface area contributed by atoms with Crippen LogP contribution in [0.2, 0.25) is 0 Å². The molecule has 7 heteroatoms. The van der Waals surface area contributed by atoms with E-state index < -0.39 is 5.97 Å². The molecule has 0 spiro atoms. The molecule has 0 amide bonds. The van der Waals surface area contributed by atoms with Gasteiger partial charge in [-0.05, 0) is 59.3 Å². The predicted molar refractivity (Wildman–Crippen MR) is 94.2 cm³/mol. The molecule has 0 aliphatic carbocycles. The Labute approximate surface area is 152 Å². The van der Waals surface area contributed by atoms with Crippen LogP contribution >= 0.6 is 15.9 Å². The van der Waals surface area contributed by atoms with E-state index in [2.05, 4.69) is 26.1 Å². The van der Waals surface area contributed by atoms with Crippen molar-refractivity contribution in [3.63, 3.8) is 0 Å². The van der Waals surface area contributed by atoms with Gasteiger partial charge < -0.3 is 13.9 Å². The zero-order chi connectivity index (χ0) is 17.6. The SMILES string of the molecule is CCOc1ccc(C(=O)OCc2nnc(-c3ccccc3Br)o2)cc1. The van der Waals surface area contributed by atoms with Crippen molar-refractivity contribution in [3.8, 4) is 17.2 Å². The molecule has 0 radical (unpaired) electrons. The summed E-state index contributed by atoms with van der Waals surface area (Å²) >= 11 is 3.43. The van der Waals surface area contributed by atoms with E-state index in [1.54, 1.807) is 24.3 Å². The first-order chi connectivity index (χ1) is 12.2. The molecule has 0 bridgehead atoms. The van der Waals surface area contributed by atoms with Crippen molar-refractivity contribution in [2.45, 2.75) is 13.5 Å². The van der Waals surface area contributed by atoms with Crippen molar-refractivity contribution in [3.05, 3.63) is 64.5 Å². The second kappa shape index (κ2) is 7.94. The standard InChI is InChI=1S/C18H15BrN2O4/c1-2-23-13-9-7-12(8-10-13)18(22)24-11-16-20-21-17(25-16)14-5-3-4-6-15(14)19/h3-10H,2,11H2,1H3. The van der Waals surface area contributed by atoms with Crippen molar-refractivity contribution in [2.75, 3.05) is 6.61 Å². The fraction of sp³-hybridized carbons (Fsp3) is 0.167. The lowest BCUT2D eigenvalue weighted by Gasteiger charge is -2.04. The Hall–Kier alpha value is -2.67. The molecule has 3 rings (SSSR count). The Morgan fingerprint density at radius 3 is 2.60 bits per heavy atom. The fourth-order valence-electron chi connectivity index (χ4n) is 2.12. The van der Waals surface area contributed by atoms with E-state index in [0.717, 1.165) is 10.0 Å². The molecule has 0 aliphatic heterocycles. The van der Waals surface area contributed by atoms with Gasteiger partial charge in [0.15, 0.2) is 6.61 Å². The highest BCUT2D eigenvalue weighted by atomic mass is 79.9. The predicted octanol–water partition coefficient (Wildman–Crippen LogP) is 4.25. The number of carbonyl (C=O) groups is 1. The van der Waals surface area contributed by atoms with Crippen LogP contribution in [0, 0.1) is 0 Å². The number of halogens is 1. The molecule has 0 fully saturated rings. The zero-order valence-corrected chi connectivity index (χ0v) is 15.0. The van der Waals surface area contributed by atoms with Gasteiger partial charge >= 0.3 is 5.97 Å². The maximum absolute atomic E-state index is 12.1. The van der Waals surface area contributed by atoms with Gasteiger partial charge in [-0.25, -0.2) is 4.79 Å². The zero-order valence-electron chi connectivity index (χ0n) is 13.4. The minimum atomic E-state index is -0.469. The van der Waals surface area contributed by atoms with Crippen LogP contribution in [0.5, 0.6) is 5.75 Å². The third kappa shape index (κ3) is 4.24. The van der Waals surface area contributed by atoms with Crippen LogP contribution in [0.25, 0.3) is 11.5 Å². The van der Waals surface area contributed by atoms with Crippen LogP contribution in [0.15, 0.2) is 57.4 Å². The molecule has 0 saturated carbocycles. The number of aromatic nitrogens is 2. The number of hydrogen-bond acceptors (Lipinski definition) is 6. The quantitative estimate of drug-likeness (QED) is 0.573. The Morgan fingerprint density at radius 2 is 1.88 bits per heavy atom. The summed E-state index contributed by atoms with van der Waals surface area (Å²) < 4.78 is 16.9. The normalized spacial score (nSPS) is 10.5. The first kappa shape index (κ1) is 17.2. The van der Waals surface area contributed by atoms with Gasteiger partial charge in [0.25, 0.3) is 5.89 Å². The molecule has 6 nitrogen and oxygen atoms in total. The monoisotopic (exact) mass is 402 g/mol. The van der Waals surface area contributed by atoms with Gasteiger partial charge in [0.2, 0.25) is 5.89 Å². The van der Waals surface area contributed by atoms with E-state index in [0.29, 0.717) is 23.8 Å². The summed E-state index contributed by atoms with van der Waals surface area (Å²) in [6, 6.07) is 14.2. The van der Waals surface area contributed by atoms with Crippen molar-refractivity contribution < 1.29 is 18.7 Å². The Kier molecular flexibility index (Phi) is 5.45. The third-order valence-electron chi connectivity index (χ3n) is 3.30. The highest BCUT2D eigenvalue weighted by Gasteiger charge is 2.14. The molecule has 1 aromatic heterocycles. The van der Waals surface area contributed by atoms with Crippen LogP contribution in [-0.2, 0) is 11.3 Å². The topological polar surface area (TPSA) is 74.5 Å². The van der Waals surface area contributed by atoms with Crippen molar-refractivity contribution in [1.29, 1.82) is 0 Å². The summed E-state index contributed by atoms with van der Waals surface area (Å²) in [6.07, 6.45) is 0. The molecule has 128 valence electrons. The van der Waals surface area contributed by atoms with Crippen LogP contribution < -0.4 is 4.74 Å². The van der Waals surface area contributed by atoms with Crippen LogP contribution in [0.4, 0.5) is 0 Å². The molecule has 0 N–H and O–H groups in total. The molecule has 0 saturated heterocycles. The van der Waals surface area contributed by atoms with E-state index in [-0.39, 0.29) is 12.5 Å². The van der Waals surface area contributed by atoms with Crippen molar-refractivity contribution in [1.82, 2.24) is 10.2 Å². The molecule has 2 aromatic carbocycles. The first-order valence-corrected chi connectivity index (χ1v) is 8.44. The molecule has 1 heterocycles.